The number of carbonyl (C=O) groups is 1. The second-order valence-electron chi connectivity index (χ2n) is 6.78. The maximum absolute atomic E-state index is 13.2. The molecule has 0 saturated heterocycles. The Balaban J connectivity index is 1.57. The molecule has 1 aliphatic carbocycles. The van der Waals surface area contributed by atoms with E-state index in [9.17, 15) is 9.18 Å². The average Bonchev–Trinajstić information content (AvgIpc) is 3.41. The molecule has 6 heteroatoms. The molecule has 3 aromatic rings. The summed E-state index contributed by atoms with van der Waals surface area (Å²) in [5.41, 5.74) is 2.34. The van der Waals surface area contributed by atoms with Gasteiger partial charge in [-0.1, -0.05) is 18.2 Å². The van der Waals surface area contributed by atoms with Crippen molar-refractivity contribution in [1.82, 2.24) is 14.9 Å². The topological polar surface area (TPSA) is 59.0 Å². The first-order chi connectivity index (χ1) is 13.2. The van der Waals surface area contributed by atoms with E-state index in [1.54, 1.807) is 12.1 Å². The lowest BCUT2D eigenvalue weighted by Crippen LogP contribution is -2.30. The molecular formula is C21H21FN4O. The predicted octanol–water partition coefficient (Wildman–Crippen LogP) is 3.62. The van der Waals surface area contributed by atoms with Gasteiger partial charge in [-0.3, -0.25) is 14.7 Å². The van der Waals surface area contributed by atoms with Crippen molar-refractivity contribution in [1.29, 1.82) is 0 Å². The number of aromatic nitrogens is 2. The van der Waals surface area contributed by atoms with E-state index < -0.39 is 0 Å². The predicted molar refractivity (Wildman–Crippen MR) is 103 cm³/mol. The van der Waals surface area contributed by atoms with Gasteiger partial charge in [0, 0.05) is 17.4 Å². The minimum atomic E-state index is -0.295. The molecule has 1 amide bonds. The summed E-state index contributed by atoms with van der Waals surface area (Å²) in [5.74, 6) is 0.730. The second-order valence-corrected chi connectivity index (χ2v) is 6.78. The van der Waals surface area contributed by atoms with Crippen LogP contribution in [-0.4, -0.2) is 28.5 Å². The zero-order chi connectivity index (χ0) is 18.6. The number of hydrogen-bond donors (Lipinski definition) is 2. The molecule has 0 spiro atoms. The van der Waals surface area contributed by atoms with Crippen LogP contribution < -0.4 is 10.6 Å². The van der Waals surface area contributed by atoms with Gasteiger partial charge in [0.05, 0.1) is 12.2 Å². The number of nitrogens with one attached hydrogen (secondary N) is 2. The number of para-hydroxylation sites is 1. The van der Waals surface area contributed by atoms with Gasteiger partial charge in [-0.15, -0.1) is 0 Å². The minimum Gasteiger partial charge on any atom is -0.308 e. The summed E-state index contributed by atoms with van der Waals surface area (Å²) in [6.45, 7) is 1.13. The molecule has 1 aliphatic rings. The summed E-state index contributed by atoms with van der Waals surface area (Å²) in [4.78, 5) is 16.9. The van der Waals surface area contributed by atoms with Crippen LogP contribution in [0.5, 0.6) is 0 Å². The number of nitrogens with zero attached hydrogens (tertiary/aromatic N) is 2. The lowest BCUT2D eigenvalue weighted by atomic mass is 10.2. The van der Waals surface area contributed by atoms with Crippen molar-refractivity contribution in [3.05, 3.63) is 66.6 Å². The SMILES string of the molecule is O=C(CNCC1CC1)Nc1nc(-c2ccc(F)cc2)cn1-c1ccccc1. The standard InChI is InChI=1S/C21H21FN4O/c22-17-10-8-16(9-11-17)19-14-26(18-4-2-1-3-5-18)21(24-19)25-20(27)13-23-12-15-6-7-15/h1-5,8-11,14-15,23H,6-7,12-13H2,(H,24,25,27). The van der Waals surface area contributed by atoms with Crippen molar-refractivity contribution >= 4 is 11.9 Å². The quantitative estimate of drug-likeness (QED) is 0.673. The third-order valence-electron chi connectivity index (χ3n) is 4.55. The van der Waals surface area contributed by atoms with Gasteiger partial charge < -0.3 is 5.32 Å². The molecule has 2 aromatic carbocycles. The highest BCUT2D eigenvalue weighted by atomic mass is 19.1. The first kappa shape index (κ1) is 17.4. The van der Waals surface area contributed by atoms with E-state index in [0.29, 0.717) is 17.6 Å². The Hall–Kier alpha value is -2.99. The van der Waals surface area contributed by atoms with Gasteiger partial charge in [0.1, 0.15) is 5.82 Å². The Morgan fingerprint density at radius 2 is 1.85 bits per heavy atom. The normalized spacial score (nSPS) is 13.5. The van der Waals surface area contributed by atoms with Crippen LogP contribution in [0.3, 0.4) is 0 Å². The minimum absolute atomic E-state index is 0.135. The van der Waals surface area contributed by atoms with Crippen LogP contribution >= 0.6 is 0 Å². The van der Waals surface area contributed by atoms with E-state index >= 15 is 0 Å². The van der Waals surface area contributed by atoms with Gasteiger partial charge in [-0.2, -0.15) is 0 Å². The molecule has 5 nitrogen and oxygen atoms in total. The lowest BCUT2D eigenvalue weighted by molar-refractivity contribution is -0.115. The third-order valence-corrected chi connectivity index (χ3v) is 4.55. The van der Waals surface area contributed by atoms with Crippen LogP contribution in [-0.2, 0) is 4.79 Å². The molecule has 1 aromatic heterocycles. The first-order valence-electron chi connectivity index (χ1n) is 9.10. The van der Waals surface area contributed by atoms with Gasteiger partial charge in [0.15, 0.2) is 0 Å². The summed E-state index contributed by atoms with van der Waals surface area (Å²) in [6, 6.07) is 15.8. The molecule has 27 heavy (non-hydrogen) atoms. The van der Waals surface area contributed by atoms with Gasteiger partial charge >= 0.3 is 0 Å². The van der Waals surface area contributed by atoms with Gasteiger partial charge in [0.2, 0.25) is 11.9 Å². The summed E-state index contributed by atoms with van der Waals surface area (Å²) in [5, 5.41) is 6.06. The number of carbonyl (C=O) groups excluding carboxylic acids is 1. The molecule has 0 atom stereocenters. The Morgan fingerprint density at radius 1 is 1.11 bits per heavy atom. The Bertz CT molecular complexity index is 917. The molecule has 0 aliphatic heterocycles. The van der Waals surface area contributed by atoms with E-state index in [2.05, 4.69) is 15.6 Å². The summed E-state index contributed by atoms with van der Waals surface area (Å²) < 4.78 is 15.0. The Kier molecular flexibility index (Phi) is 4.98. The summed E-state index contributed by atoms with van der Waals surface area (Å²) in [6.07, 6.45) is 4.33. The molecule has 4 rings (SSSR count). The highest BCUT2D eigenvalue weighted by Gasteiger charge is 2.21. The molecule has 2 N–H and O–H groups in total. The molecule has 0 radical (unpaired) electrons. The molecule has 138 valence electrons. The third kappa shape index (κ3) is 4.41. The van der Waals surface area contributed by atoms with Gasteiger partial charge in [-0.05, 0) is 61.7 Å². The molecule has 1 saturated carbocycles. The molecule has 1 heterocycles. The van der Waals surface area contributed by atoms with E-state index in [1.165, 1.54) is 25.0 Å². The summed E-state index contributed by atoms with van der Waals surface area (Å²) in [7, 11) is 0. The average molecular weight is 364 g/mol. The van der Waals surface area contributed by atoms with Crippen LogP contribution in [0.4, 0.5) is 10.3 Å². The number of amides is 1. The van der Waals surface area contributed by atoms with Crippen LogP contribution in [0, 0.1) is 11.7 Å². The fourth-order valence-electron chi connectivity index (χ4n) is 2.89. The Labute approximate surface area is 157 Å². The van der Waals surface area contributed by atoms with E-state index in [-0.39, 0.29) is 18.3 Å². The highest BCUT2D eigenvalue weighted by molar-refractivity contribution is 5.91. The number of rotatable bonds is 7. The largest absolute Gasteiger partial charge is 0.308 e. The van der Waals surface area contributed by atoms with Gasteiger partial charge in [0.25, 0.3) is 0 Å². The van der Waals surface area contributed by atoms with E-state index in [1.807, 2.05) is 41.1 Å². The fraction of sp³-hybridized carbons (Fsp3) is 0.238. The Morgan fingerprint density at radius 3 is 2.56 bits per heavy atom. The lowest BCUT2D eigenvalue weighted by Gasteiger charge is -2.09. The second kappa shape index (κ2) is 7.72. The van der Waals surface area contributed by atoms with E-state index in [4.69, 9.17) is 0 Å². The highest BCUT2D eigenvalue weighted by Crippen LogP contribution is 2.27. The van der Waals surface area contributed by atoms with Crippen molar-refractivity contribution in [3.63, 3.8) is 0 Å². The van der Waals surface area contributed by atoms with Crippen LogP contribution in [0.1, 0.15) is 12.8 Å². The monoisotopic (exact) mass is 364 g/mol. The summed E-state index contributed by atoms with van der Waals surface area (Å²) >= 11 is 0. The fourth-order valence-corrected chi connectivity index (χ4v) is 2.89. The number of halogens is 1. The van der Waals surface area contributed by atoms with Crippen LogP contribution in [0.25, 0.3) is 16.9 Å². The molecule has 0 unspecified atom stereocenters. The van der Waals surface area contributed by atoms with Crippen LogP contribution in [0.15, 0.2) is 60.8 Å². The number of imidazole rings is 1. The van der Waals surface area contributed by atoms with Crippen molar-refractivity contribution in [2.24, 2.45) is 5.92 Å². The number of anilines is 1. The number of benzene rings is 2. The smallest absolute Gasteiger partial charge is 0.240 e. The van der Waals surface area contributed by atoms with Crippen molar-refractivity contribution < 1.29 is 9.18 Å². The first-order valence-corrected chi connectivity index (χ1v) is 9.10. The van der Waals surface area contributed by atoms with Crippen molar-refractivity contribution in [3.8, 4) is 16.9 Å². The van der Waals surface area contributed by atoms with Crippen molar-refractivity contribution in [2.45, 2.75) is 12.8 Å². The number of hydrogen-bond acceptors (Lipinski definition) is 3. The maximum Gasteiger partial charge on any atom is 0.240 e. The maximum atomic E-state index is 13.2. The van der Waals surface area contributed by atoms with Crippen molar-refractivity contribution in [2.75, 3.05) is 18.4 Å². The molecule has 1 fully saturated rings. The molecular weight excluding hydrogens is 343 g/mol. The zero-order valence-electron chi connectivity index (χ0n) is 14.9. The zero-order valence-corrected chi connectivity index (χ0v) is 14.9. The van der Waals surface area contributed by atoms with Gasteiger partial charge in [-0.25, -0.2) is 9.37 Å². The van der Waals surface area contributed by atoms with E-state index in [0.717, 1.165) is 17.8 Å². The van der Waals surface area contributed by atoms with Crippen LogP contribution in [0.2, 0.25) is 0 Å². The molecule has 0 bridgehead atoms.